The van der Waals surface area contributed by atoms with E-state index in [1.165, 1.54) is 28.6 Å². The number of rotatable bonds is 3. The summed E-state index contributed by atoms with van der Waals surface area (Å²) >= 11 is 0. The molecule has 1 aliphatic carbocycles. The fraction of sp³-hybridized carbons (Fsp3) is 0.0455. The van der Waals surface area contributed by atoms with Crippen LogP contribution in [0.15, 0.2) is 77.5 Å². The largest absolute Gasteiger partial charge is 0.423 e. The number of carbonyl (C=O) groups excluding carboxylic acids is 1. The van der Waals surface area contributed by atoms with Crippen molar-refractivity contribution in [3.63, 3.8) is 0 Å². The van der Waals surface area contributed by atoms with Crippen LogP contribution in [0.4, 0.5) is 5.69 Å². The van der Waals surface area contributed by atoms with Gasteiger partial charge in [-0.05, 0) is 65.1 Å². The fourth-order valence-electron chi connectivity index (χ4n) is 3.47. The second-order valence-electron chi connectivity index (χ2n) is 6.48. The summed E-state index contributed by atoms with van der Waals surface area (Å²) in [6.07, 6.45) is 2.22. The number of anilines is 1. The van der Waals surface area contributed by atoms with Crippen LogP contribution in [0, 0.1) is 0 Å². The molecule has 0 aliphatic heterocycles. The van der Waals surface area contributed by atoms with Crippen LogP contribution in [-0.2, 0) is 6.42 Å². The van der Waals surface area contributed by atoms with E-state index in [0.717, 1.165) is 17.7 Å². The zero-order chi connectivity index (χ0) is 18.2. The van der Waals surface area contributed by atoms with Crippen molar-refractivity contribution >= 4 is 11.6 Å². The molecule has 0 fully saturated rings. The van der Waals surface area contributed by atoms with E-state index < -0.39 is 0 Å². The second-order valence-corrected chi connectivity index (χ2v) is 6.48. The van der Waals surface area contributed by atoms with Crippen LogP contribution < -0.4 is 5.32 Å². The molecule has 27 heavy (non-hydrogen) atoms. The second kappa shape index (κ2) is 6.21. The first-order valence-electron chi connectivity index (χ1n) is 8.67. The molecular weight excluding hydrogens is 338 g/mol. The molecule has 0 saturated heterocycles. The molecule has 4 aromatic rings. The molecule has 3 aromatic carbocycles. The Labute approximate surface area is 155 Å². The van der Waals surface area contributed by atoms with Crippen molar-refractivity contribution in [1.82, 2.24) is 10.2 Å². The average molecular weight is 353 g/mol. The highest BCUT2D eigenvalue weighted by molar-refractivity contribution is 6.04. The van der Waals surface area contributed by atoms with Crippen LogP contribution in [0.3, 0.4) is 0 Å². The van der Waals surface area contributed by atoms with Gasteiger partial charge in [0.1, 0.15) is 0 Å². The summed E-state index contributed by atoms with van der Waals surface area (Å²) in [6.45, 7) is 0. The smallest absolute Gasteiger partial charge is 0.255 e. The Morgan fingerprint density at radius 3 is 2.56 bits per heavy atom. The molecule has 0 unspecified atom stereocenters. The van der Waals surface area contributed by atoms with Gasteiger partial charge >= 0.3 is 0 Å². The van der Waals surface area contributed by atoms with Gasteiger partial charge < -0.3 is 9.73 Å². The van der Waals surface area contributed by atoms with Gasteiger partial charge in [-0.3, -0.25) is 4.79 Å². The number of nitrogens with one attached hydrogen (secondary N) is 1. The van der Waals surface area contributed by atoms with E-state index in [-0.39, 0.29) is 5.91 Å². The van der Waals surface area contributed by atoms with Crippen molar-refractivity contribution in [1.29, 1.82) is 0 Å². The molecule has 0 bridgehead atoms. The Kier molecular flexibility index (Phi) is 3.57. The fourth-order valence-corrected chi connectivity index (χ4v) is 3.47. The number of benzene rings is 3. The van der Waals surface area contributed by atoms with Crippen molar-refractivity contribution in [3.8, 4) is 22.6 Å². The molecule has 0 saturated carbocycles. The zero-order valence-corrected chi connectivity index (χ0v) is 14.3. The lowest BCUT2D eigenvalue weighted by molar-refractivity contribution is 0.102. The Balaban J connectivity index is 1.38. The Morgan fingerprint density at radius 1 is 0.926 bits per heavy atom. The number of hydrogen-bond acceptors (Lipinski definition) is 4. The molecule has 1 amide bonds. The summed E-state index contributed by atoms with van der Waals surface area (Å²) in [7, 11) is 0. The molecule has 1 N–H and O–H groups in total. The van der Waals surface area contributed by atoms with E-state index in [4.69, 9.17) is 4.42 Å². The quantitative estimate of drug-likeness (QED) is 0.516. The van der Waals surface area contributed by atoms with Gasteiger partial charge in [0.2, 0.25) is 12.3 Å². The third-order valence-corrected chi connectivity index (χ3v) is 4.81. The van der Waals surface area contributed by atoms with Crippen LogP contribution in [0.25, 0.3) is 22.6 Å². The summed E-state index contributed by atoms with van der Waals surface area (Å²) < 4.78 is 5.16. The number of carbonyl (C=O) groups is 1. The molecule has 1 heterocycles. The number of hydrogen-bond donors (Lipinski definition) is 1. The summed E-state index contributed by atoms with van der Waals surface area (Å²) in [5.74, 6) is 0.276. The van der Waals surface area contributed by atoms with E-state index in [1.807, 2.05) is 18.2 Å². The maximum Gasteiger partial charge on any atom is 0.255 e. The minimum absolute atomic E-state index is 0.154. The van der Waals surface area contributed by atoms with Crippen LogP contribution in [0.2, 0.25) is 0 Å². The van der Waals surface area contributed by atoms with Crippen molar-refractivity contribution in [2.45, 2.75) is 6.42 Å². The SMILES string of the molecule is O=C(Nc1ccc2c(c1)-c1ccccc1C2)c1ccc(-c2nnco2)cc1. The highest BCUT2D eigenvalue weighted by Gasteiger charge is 2.18. The Hall–Kier alpha value is -3.73. The van der Waals surface area contributed by atoms with Gasteiger partial charge in [0.25, 0.3) is 5.91 Å². The van der Waals surface area contributed by atoms with Crippen LogP contribution in [-0.4, -0.2) is 16.1 Å². The van der Waals surface area contributed by atoms with Gasteiger partial charge in [-0.2, -0.15) is 0 Å². The van der Waals surface area contributed by atoms with Gasteiger partial charge in [-0.25, -0.2) is 0 Å². The van der Waals surface area contributed by atoms with Crippen LogP contribution in [0.5, 0.6) is 0 Å². The lowest BCUT2D eigenvalue weighted by Crippen LogP contribution is -2.11. The molecular formula is C22H15N3O2. The van der Waals surface area contributed by atoms with E-state index in [9.17, 15) is 4.79 Å². The topological polar surface area (TPSA) is 68.0 Å². The molecule has 5 rings (SSSR count). The van der Waals surface area contributed by atoms with Crippen molar-refractivity contribution in [2.24, 2.45) is 0 Å². The number of aromatic nitrogens is 2. The molecule has 5 heteroatoms. The van der Waals surface area contributed by atoms with Crippen molar-refractivity contribution < 1.29 is 9.21 Å². The maximum absolute atomic E-state index is 12.6. The normalized spacial score (nSPS) is 11.7. The van der Waals surface area contributed by atoms with Crippen LogP contribution >= 0.6 is 0 Å². The lowest BCUT2D eigenvalue weighted by atomic mass is 10.1. The molecule has 5 nitrogen and oxygen atoms in total. The van der Waals surface area contributed by atoms with E-state index >= 15 is 0 Å². The molecule has 1 aromatic heterocycles. The predicted molar refractivity (Wildman–Crippen MR) is 102 cm³/mol. The van der Waals surface area contributed by atoms with Gasteiger partial charge in [0.05, 0.1) is 0 Å². The Morgan fingerprint density at radius 2 is 1.74 bits per heavy atom. The predicted octanol–water partition coefficient (Wildman–Crippen LogP) is 4.56. The maximum atomic E-state index is 12.6. The summed E-state index contributed by atoms with van der Waals surface area (Å²) in [5, 5.41) is 10.5. The lowest BCUT2D eigenvalue weighted by Gasteiger charge is -2.08. The monoisotopic (exact) mass is 353 g/mol. The molecule has 0 spiro atoms. The zero-order valence-electron chi connectivity index (χ0n) is 14.3. The average Bonchev–Trinajstić information content (AvgIpc) is 3.36. The summed E-state index contributed by atoms with van der Waals surface area (Å²) in [5.41, 5.74) is 7.18. The highest BCUT2D eigenvalue weighted by Crippen LogP contribution is 2.37. The van der Waals surface area contributed by atoms with Crippen LogP contribution in [0.1, 0.15) is 21.5 Å². The van der Waals surface area contributed by atoms with Gasteiger partial charge in [0, 0.05) is 16.8 Å². The van der Waals surface area contributed by atoms with Gasteiger partial charge in [-0.1, -0.05) is 30.3 Å². The molecule has 0 atom stereocenters. The third kappa shape index (κ3) is 2.79. The first-order chi connectivity index (χ1) is 13.3. The van der Waals surface area contributed by atoms with Gasteiger partial charge in [0.15, 0.2) is 0 Å². The first-order valence-corrected chi connectivity index (χ1v) is 8.67. The Bertz CT molecular complexity index is 1130. The van der Waals surface area contributed by atoms with Crippen molar-refractivity contribution in [3.05, 3.63) is 89.8 Å². The van der Waals surface area contributed by atoms with E-state index in [1.54, 1.807) is 24.3 Å². The third-order valence-electron chi connectivity index (χ3n) is 4.81. The van der Waals surface area contributed by atoms with E-state index in [0.29, 0.717) is 11.5 Å². The number of nitrogens with zero attached hydrogens (tertiary/aromatic N) is 2. The molecule has 1 aliphatic rings. The van der Waals surface area contributed by atoms with Crippen molar-refractivity contribution in [2.75, 3.05) is 5.32 Å². The molecule has 0 radical (unpaired) electrons. The van der Waals surface area contributed by atoms with Gasteiger partial charge in [-0.15, -0.1) is 10.2 Å². The van der Waals surface area contributed by atoms with E-state index in [2.05, 4.69) is 39.8 Å². The summed E-state index contributed by atoms with van der Waals surface area (Å²) in [4.78, 5) is 12.6. The number of amides is 1. The summed E-state index contributed by atoms with van der Waals surface area (Å²) in [6, 6.07) is 21.6. The molecule has 130 valence electrons. The first kappa shape index (κ1) is 15.5. The highest BCUT2D eigenvalue weighted by atomic mass is 16.4. The standard InChI is InChI=1S/C22H15N3O2/c26-21(14-5-7-15(8-6-14)22-25-23-13-27-22)24-18-10-9-17-11-16-3-1-2-4-19(16)20(17)12-18/h1-10,12-13H,11H2,(H,24,26). The minimum Gasteiger partial charge on any atom is -0.423 e. The minimum atomic E-state index is -0.154. The number of fused-ring (bicyclic) bond motifs is 3.